The third-order valence-electron chi connectivity index (χ3n) is 5.92. The van der Waals surface area contributed by atoms with Crippen LogP contribution in [0.5, 0.6) is 0 Å². The quantitative estimate of drug-likeness (QED) is 0.283. The fraction of sp³-hybridized carbons (Fsp3) is 1.00. The van der Waals surface area contributed by atoms with Gasteiger partial charge in [-0.3, -0.25) is 0 Å². The van der Waals surface area contributed by atoms with Crippen LogP contribution in [0.3, 0.4) is 0 Å². The molecule has 1 unspecified atom stereocenters. The number of hydrogen-bond donors (Lipinski definition) is 0. The fourth-order valence-corrected chi connectivity index (χ4v) is 4.42. The van der Waals surface area contributed by atoms with Gasteiger partial charge in [0.1, 0.15) is 0 Å². The molecule has 0 amide bonds. The molecule has 1 saturated carbocycles. The lowest BCUT2D eigenvalue weighted by atomic mass is 9.75. The molecule has 0 aromatic carbocycles. The molecule has 1 fully saturated rings. The van der Waals surface area contributed by atoms with Crippen molar-refractivity contribution in [3.8, 4) is 0 Å². The molecular weight excluding hydrogens is 264 g/mol. The van der Waals surface area contributed by atoms with Crippen LogP contribution in [0.2, 0.25) is 0 Å². The van der Waals surface area contributed by atoms with Crippen molar-refractivity contribution in [2.75, 3.05) is 0 Å². The minimum Gasteiger partial charge on any atom is -0.0654 e. The van der Waals surface area contributed by atoms with Crippen LogP contribution in [0.25, 0.3) is 0 Å². The van der Waals surface area contributed by atoms with Crippen molar-refractivity contribution in [3.63, 3.8) is 0 Å². The van der Waals surface area contributed by atoms with Crippen LogP contribution in [0.4, 0.5) is 0 Å². The number of hydrogen-bond acceptors (Lipinski definition) is 0. The van der Waals surface area contributed by atoms with Gasteiger partial charge in [0.05, 0.1) is 0 Å². The maximum Gasteiger partial charge on any atom is -0.0386 e. The van der Waals surface area contributed by atoms with E-state index in [0.29, 0.717) is 0 Å². The van der Waals surface area contributed by atoms with Gasteiger partial charge in [0.15, 0.2) is 0 Å². The van der Waals surface area contributed by atoms with E-state index in [0.717, 1.165) is 11.8 Å². The Bertz CT molecular complexity index is 214. The van der Waals surface area contributed by atoms with Crippen LogP contribution in [0, 0.1) is 11.8 Å². The van der Waals surface area contributed by atoms with Crippen molar-refractivity contribution < 1.29 is 0 Å². The zero-order valence-electron chi connectivity index (χ0n) is 15.9. The second-order valence-electron chi connectivity index (χ2n) is 7.92. The van der Waals surface area contributed by atoms with Gasteiger partial charge in [0.25, 0.3) is 0 Å². The molecule has 0 heterocycles. The highest BCUT2D eigenvalue weighted by Gasteiger charge is 2.22. The molecule has 1 aliphatic carbocycles. The first-order valence-electron chi connectivity index (χ1n) is 10.9. The zero-order valence-corrected chi connectivity index (χ0v) is 15.9. The van der Waals surface area contributed by atoms with Crippen LogP contribution in [0.1, 0.15) is 129 Å². The van der Waals surface area contributed by atoms with Crippen LogP contribution in [0.15, 0.2) is 0 Å². The van der Waals surface area contributed by atoms with Gasteiger partial charge in [0, 0.05) is 0 Å². The van der Waals surface area contributed by atoms with Gasteiger partial charge in [-0.05, 0) is 11.8 Å². The first-order valence-corrected chi connectivity index (χ1v) is 10.9. The summed E-state index contributed by atoms with van der Waals surface area (Å²) >= 11 is 0. The largest absolute Gasteiger partial charge is 0.0654 e. The Morgan fingerprint density at radius 2 is 1.05 bits per heavy atom. The molecule has 0 aromatic rings. The van der Waals surface area contributed by atoms with Gasteiger partial charge in [0.2, 0.25) is 0 Å². The number of rotatable bonds is 14. The summed E-state index contributed by atoms with van der Waals surface area (Å²) in [5, 5.41) is 0. The normalized spacial score (nSPS) is 17.7. The highest BCUT2D eigenvalue weighted by molar-refractivity contribution is 4.74. The Labute approximate surface area is 141 Å². The summed E-state index contributed by atoms with van der Waals surface area (Å²) in [6, 6.07) is 0. The molecule has 0 N–H and O–H groups in total. The highest BCUT2D eigenvalue weighted by Crippen LogP contribution is 2.35. The molecule has 0 bridgehead atoms. The van der Waals surface area contributed by atoms with Crippen LogP contribution in [-0.4, -0.2) is 0 Å². The molecule has 0 aliphatic heterocycles. The van der Waals surface area contributed by atoms with Crippen LogP contribution >= 0.6 is 0 Å². The standard InChI is InChI=1S/C22H44/c1-3-5-7-9-10-11-14-18-21(17-13-8-6-4-2)22-19-15-12-16-20-22/h21-22H,3-20H2,1-2H3. The molecular formula is C22H44. The highest BCUT2D eigenvalue weighted by atomic mass is 14.3. The molecule has 132 valence electrons. The molecule has 1 atom stereocenters. The molecule has 22 heavy (non-hydrogen) atoms. The van der Waals surface area contributed by atoms with Crippen molar-refractivity contribution in [3.05, 3.63) is 0 Å². The summed E-state index contributed by atoms with van der Waals surface area (Å²) in [5.74, 6) is 2.17. The van der Waals surface area contributed by atoms with Crippen molar-refractivity contribution in [2.24, 2.45) is 11.8 Å². The Morgan fingerprint density at radius 1 is 0.591 bits per heavy atom. The van der Waals surface area contributed by atoms with E-state index in [2.05, 4.69) is 13.8 Å². The van der Waals surface area contributed by atoms with E-state index in [1.807, 2.05) is 0 Å². The SMILES string of the molecule is CCCCCCCCCC(CCCCCC)C1CCCCC1. The van der Waals surface area contributed by atoms with E-state index in [9.17, 15) is 0 Å². The van der Waals surface area contributed by atoms with Gasteiger partial charge in [-0.25, -0.2) is 0 Å². The predicted octanol–water partition coefficient (Wildman–Crippen LogP) is 8.29. The van der Waals surface area contributed by atoms with Gasteiger partial charge in [-0.2, -0.15) is 0 Å². The Kier molecular flexibility index (Phi) is 13.3. The molecule has 1 aliphatic rings. The first-order chi connectivity index (χ1) is 10.9. The van der Waals surface area contributed by atoms with Crippen molar-refractivity contribution in [2.45, 2.75) is 129 Å². The molecule has 0 heteroatoms. The maximum absolute atomic E-state index is 2.33. The van der Waals surface area contributed by atoms with Crippen molar-refractivity contribution in [1.29, 1.82) is 0 Å². The summed E-state index contributed by atoms with van der Waals surface area (Å²) in [4.78, 5) is 0. The third-order valence-corrected chi connectivity index (χ3v) is 5.92. The second kappa shape index (κ2) is 14.6. The summed E-state index contributed by atoms with van der Waals surface area (Å²) in [7, 11) is 0. The van der Waals surface area contributed by atoms with Crippen molar-refractivity contribution in [1.82, 2.24) is 0 Å². The fourth-order valence-electron chi connectivity index (χ4n) is 4.42. The average molecular weight is 309 g/mol. The summed E-state index contributed by atoms with van der Waals surface area (Å²) in [6.07, 6.45) is 26.9. The lowest BCUT2D eigenvalue weighted by Crippen LogP contribution is -2.18. The average Bonchev–Trinajstić information content (AvgIpc) is 2.56. The Balaban J connectivity index is 2.16. The lowest BCUT2D eigenvalue weighted by molar-refractivity contribution is 0.215. The van der Waals surface area contributed by atoms with Gasteiger partial charge < -0.3 is 0 Å². The zero-order chi connectivity index (χ0) is 15.9. The van der Waals surface area contributed by atoms with Crippen molar-refractivity contribution >= 4 is 0 Å². The van der Waals surface area contributed by atoms with E-state index in [1.165, 1.54) is 89.9 Å². The summed E-state index contributed by atoms with van der Waals surface area (Å²) in [6.45, 7) is 4.64. The monoisotopic (exact) mass is 308 g/mol. The first kappa shape index (κ1) is 20.0. The minimum atomic E-state index is 1.08. The summed E-state index contributed by atoms with van der Waals surface area (Å²) < 4.78 is 0. The summed E-state index contributed by atoms with van der Waals surface area (Å²) in [5.41, 5.74) is 0. The molecule has 0 saturated heterocycles. The topological polar surface area (TPSA) is 0 Å². The molecule has 0 radical (unpaired) electrons. The second-order valence-corrected chi connectivity index (χ2v) is 7.92. The van der Waals surface area contributed by atoms with Gasteiger partial charge >= 0.3 is 0 Å². The Hall–Kier alpha value is 0. The smallest absolute Gasteiger partial charge is 0.0386 e. The van der Waals surface area contributed by atoms with E-state index in [4.69, 9.17) is 0 Å². The van der Waals surface area contributed by atoms with E-state index in [-0.39, 0.29) is 0 Å². The number of unbranched alkanes of at least 4 members (excludes halogenated alkanes) is 9. The molecule has 0 aromatic heterocycles. The van der Waals surface area contributed by atoms with E-state index in [1.54, 1.807) is 25.7 Å². The third kappa shape index (κ3) is 9.90. The predicted molar refractivity (Wildman–Crippen MR) is 101 cm³/mol. The Morgan fingerprint density at radius 3 is 1.59 bits per heavy atom. The van der Waals surface area contributed by atoms with E-state index >= 15 is 0 Å². The molecule has 0 nitrogen and oxygen atoms in total. The maximum atomic E-state index is 2.33. The van der Waals surface area contributed by atoms with Crippen LogP contribution < -0.4 is 0 Å². The molecule has 1 rings (SSSR count). The minimum absolute atomic E-state index is 1.08. The van der Waals surface area contributed by atoms with Gasteiger partial charge in [-0.1, -0.05) is 129 Å². The van der Waals surface area contributed by atoms with Gasteiger partial charge in [-0.15, -0.1) is 0 Å². The molecule has 0 spiro atoms. The van der Waals surface area contributed by atoms with Crippen LogP contribution in [-0.2, 0) is 0 Å². The lowest BCUT2D eigenvalue weighted by Gasteiger charge is -2.30. The van der Waals surface area contributed by atoms with E-state index < -0.39 is 0 Å².